The van der Waals surface area contributed by atoms with E-state index in [0.717, 1.165) is 12.2 Å². The van der Waals surface area contributed by atoms with E-state index in [1.165, 1.54) is 19.3 Å². The molecular formula is C11H21NO2. The summed E-state index contributed by atoms with van der Waals surface area (Å²) in [4.78, 5) is 0. The average Bonchev–Trinajstić information content (AvgIpc) is 2.61. The highest BCUT2D eigenvalue weighted by molar-refractivity contribution is 5.13. The van der Waals surface area contributed by atoms with E-state index in [0.29, 0.717) is 6.04 Å². The number of unbranched alkanes of at least 4 members (excludes halogenated alkanes) is 2. The molecule has 14 heavy (non-hydrogen) atoms. The Kier molecular flexibility index (Phi) is 4.98. The molecule has 82 valence electrons. The van der Waals surface area contributed by atoms with Crippen molar-refractivity contribution in [3.05, 3.63) is 11.8 Å². The molecule has 3 nitrogen and oxygen atoms in total. The molecule has 2 atom stereocenters. The fourth-order valence-corrected chi connectivity index (χ4v) is 1.76. The molecule has 0 bridgehead atoms. The van der Waals surface area contributed by atoms with Gasteiger partial charge in [0.1, 0.15) is 12.0 Å². The molecule has 1 aliphatic rings. The topological polar surface area (TPSA) is 30.5 Å². The summed E-state index contributed by atoms with van der Waals surface area (Å²) in [6, 6.07) is 0.344. The molecular weight excluding hydrogens is 178 g/mol. The molecule has 1 rings (SSSR count). The average molecular weight is 199 g/mol. The van der Waals surface area contributed by atoms with Gasteiger partial charge in [0.05, 0.1) is 13.2 Å². The van der Waals surface area contributed by atoms with Crippen LogP contribution < -0.4 is 5.32 Å². The number of hydrogen-bond acceptors (Lipinski definition) is 3. The van der Waals surface area contributed by atoms with Gasteiger partial charge < -0.3 is 9.47 Å². The summed E-state index contributed by atoms with van der Waals surface area (Å²) < 4.78 is 10.5. The van der Waals surface area contributed by atoms with E-state index in [1.807, 2.05) is 6.08 Å². The SMILES string of the molecule is CCCCC[C@@H]1NC(OC)C=C1OC. The van der Waals surface area contributed by atoms with Crippen LogP contribution in [-0.4, -0.2) is 26.5 Å². The third-order valence-electron chi connectivity index (χ3n) is 2.61. The molecule has 0 aromatic carbocycles. The van der Waals surface area contributed by atoms with Gasteiger partial charge in [-0.05, 0) is 12.5 Å². The fraction of sp³-hybridized carbons (Fsp3) is 0.818. The Bertz CT molecular complexity index is 192. The lowest BCUT2D eigenvalue weighted by atomic mass is 10.1. The van der Waals surface area contributed by atoms with Crippen molar-refractivity contribution >= 4 is 0 Å². The fourth-order valence-electron chi connectivity index (χ4n) is 1.76. The third-order valence-corrected chi connectivity index (χ3v) is 2.61. The Labute approximate surface area is 86.5 Å². The van der Waals surface area contributed by atoms with E-state index in [2.05, 4.69) is 12.2 Å². The largest absolute Gasteiger partial charge is 0.500 e. The van der Waals surface area contributed by atoms with Gasteiger partial charge in [-0.3, -0.25) is 5.32 Å². The zero-order chi connectivity index (χ0) is 10.4. The van der Waals surface area contributed by atoms with Gasteiger partial charge in [0.25, 0.3) is 0 Å². The summed E-state index contributed by atoms with van der Waals surface area (Å²) >= 11 is 0. The second-order valence-corrected chi connectivity index (χ2v) is 3.64. The summed E-state index contributed by atoms with van der Waals surface area (Å²) in [5.41, 5.74) is 0. The predicted molar refractivity (Wildman–Crippen MR) is 57.0 cm³/mol. The lowest BCUT2D eigenvalue weighted by molar-refractivity contribution is 0.113. The van der Waals surface area contributed by atoms with E-state index in [1.54, 1.807) is 14.2 Å². The molecule has 0 amide bonds. The Morgan fingerprint density at radius 3 is 2.71 bits per heavy atom. The first-order valence-corrected chi connectivity index (χ1v) is 5.36. The molecule has 0 aliphatic carbocycles. The van der Waals surface area contributed by atoms with Gasteiger partial charge in [0.15, 0.2) is 0 Å². The van der Waals surface area contributed by atoms with Gasteiger partial charge in [0.2, 0.25) is 0 Å². The Hall–Kier alpha value is -0.540. The molecule has 0 radical (unpaired) electrons. The number of ether oxygens (including phenoxy) is 2. The molecule has 0 fully saturated rings. The van der Waals surface area contributed by atoms with Crippen molar-refractivity contribution in [2.24, 2.45) is 0 Å². The van der Waals surface area contributed by atoms with Crippen molar-refractivity contribution in [3.8, 4) is 0 Å². The Morgan fingerprint density at radius 1 is 1.36 bits per heavy atom. The van der Waals surface area contributed by atoms with Crippen molar-refractivity contribution in [1.82, 2.24) is 5.32 Å². The van der Waals surface area contributed by atoms with Crippen LogP contribution in [0.1, 0.15) is 32.6 Å². The van der Waals surface area contributed by atoms with E-state index in [4.69, 9.17) is 9.47 Å². The lowest BCUT2D eigenvalue weighted by Crippen LogP contribution is -2.33. The summed E-state index contributed by atoms with van der Waals surface area (Å²) in [5, 5.41) is 3.36. The molecule has 0 saturated carbocycles. The quantitative estimate of drug-likeness (QED) is 0.664. The van der Waals surface area contributed by atoms with Gasteiger partial charge in [-0.15, -0.1) is 0 Å². The maximum atomic E-state index is 5.31. The molecule has 0 saturated heterocycles. The molecule has 1 N–H and O–H groups in total. The maximum Gasteiger partial charge on any atom is 0.131 e. The van der Waals surface area contributed by atoms with Crippen LogP contribution in [0.15, 0.2) is 11.8 Å². The highest BCUT2D eigenvalue weighted by atomic mass is 16.5. The van der Waals surface area contributed by atoms with E-state index < -0.39 is 0 Å². The second kappa shape index (κ2) is 6.04. The van der Waals surface area contributed by atoms with Crippen LogP contribution in [0.5, 0.6) is 0 Å². The van der Waals surface area contributed by atoms with Crippen LogP contribution in [0.4, 0.5) is 0 Å². The number of rotatable bonds is 6. The Morgan fingerprint density at radius 2 is 2.14 bits per heavy atom. The minimum Gasteiger partial charge on any atom is -0.500 e. The highest BCUT2D eigenvalue weighted by Gasteiger charge is 2.25. The zero-order valence-electron chi connectivity index (χ0n) is 9.38. The van der Waals surface area contributed by atoms with Crippen LogP contribution in [0.3, 0.4) is 0 Å². The normalized spacial score (nSPS) is 26.4. The number of nitrogens with one attached hydrogen (secondary N) is 1. The van der Waals surface area contributed by atoms with E-state index >= 15 is 0 Å². The van der Waals surface area contributed by atoms with Crippen LogP contribution in [0.2, 0.25) is 0 Å². The molecule has 3 heteroatoms. The lowest BCUT2D eigenvalue weighted by Gasteiger charge is -2.15. The van der Waals surface area contributed by atoms with Gasteiger partial charge in [-0.25, -0.2) is 0 Å². The minimum atomic E-state index is 0.0246. The predicted octanol–water partition coefficient (Wildman–Crippen LogP) is 2.04. The molecule has 0 aromatic heterocycles. The van der Waals surface area contributed by atoms with Gasteiger partial charge in [0, 0.05) is 7.11 Å². The van der Waals surface area contributed by atoms with Gasteiger partial charge in [-0.1, -0.05) is 26.2 Å². The molecule has 0 spiro atoms. The first-order valence-electron chi connectivity index (χ1n) is 5.36. The summed E-state index contributed by atoms with van der Waals surface area (Å²) in [6.45, 7) is 2.22. The van der Waals surface area contributed by atoms with Crippen molar-refractivity contribution in [2.45, 2.75) is 44.9 Å². The number of methoxy groups -OCH3 is 2. The minimum absolute atomic E-state index is 0.0246. The van der Waals surface area contributed by atoms with Crippen molar-refractivity contribution in [1.29, 1.82) is 0 Å². The monoisotopic (exact) mass is 199 g/mol. The van der Waals surface area contributed by atoms with Gasteiger partial charge >= 0.3 is 0 Å². The summed E-state index contributed by atoms with van der Waals surface area (Å²) in [7, 11) is 3.42. The summed E-state index contributed by atoms with van der Waals surface area (Å²) in [6.07, 6.45) is 6.95. The van der Waals surface area contributed by atoms with Crippen LogP contribution in [0, 0.1) is 0 Å². The third kappa shape index (κ3) is 3.00. The van der Waals surface area contributed by atoms with E-state index in [9.17, 15) is 0 Å². The first-order chi connectivity index (χ1) is 6.81. The van der Waals surface area contributed by atoms with Crippen molar-refractivity contribution in [2.75, 3.05) is 14.2 Å². The summed E-state index contributed by atoms with van der Waals surface area (Å²) in [5.74, 6) is 1.02. The maximum absolute atomic E-state index is 5.31. The number of hydrogen-bond donors (Lipinski definition) is 1. The van der Waals surface area contributed by atoms with Crippen LogP contribution in [-0.2, 0) is 9.47 Å². The van der Waals surface area contributed by atoms with Crippen molar-refractivity contribution in [3.63, 3.8) is 0 Å². The smallest absolute Gasteiger partial charge is 0.131 e. The standard InChI is InChI=1S/C11H21NO2/c1-4-5-6-7-9-10(13-2)8-11(12-9)14-3/h8-9,11-12H,4-7H2,1-3H3/t9-,11?/m0/s1. The van der Waals surface area contributed by atoms with Crippen molar-refractivity contribution < 1.29 is 9.47 Å². The van der Waals surface area contributed by atoms with Gasteiger partial charge in [-0.2, -0.15) is 0 Å². The van der Waals surface area contributed by atoms with Crippen LogP contribution >= 0.6 is 0 Å². The van der Waals surface area contributed by atoms with Crippen LogP contribution in [0.25, 0.3) is 0 Å². The van der Waals surface area contributed by atoms with E-state index in [-0.39, 0.29) is 6.23 Å². The molecule has 1 aliphatic heterocycles. The Balaban J connectivity index is 2.35. The molecule has 1 unspecified atom stereocenters. The first kappa shape index (κ1) is 11.5. The highest BCUT2D eigenvalue weighted by Crippen LogP contribution is 2.19. The second-order valence-electron chi connectivity index (χ2n) is 3.64. The zero-order valence-corrected chi connectivity index (χ0v) is 9.38. The molecule has 0 aromatic rings. The molecule has 1 heterocycles.